The van der Waals surface area contributed by atoms with Gasteiger partial charge in [0.15, 0.2) is 0 Å². The first-order valence-corrected chi connectivity index (χ1v) is 9.65. The number of amides is 1. The number of rotatable bonds is 2. The van der Waals surface area contributed by atoms with Gasteiger partial charge in [0.1, 0.15) is 0 Å². The van der Waals surface area contributed by atoms with Crippen LogP contribution in [0.15, 0.2) is 36.4 Å². The highest BCUT2D eigenvalue weighted by atomic mass is 35.5. The minimum absolute atomic E-state index is 0. The molecule has 0 radical (unpaired) electrons. The number of hydrogen-bond donors (Lipinski definition) is 1. The molecule has 0 saturated carbocycles. The van der Waals surface area contributed by atoms with Crippen LogP contribution in [0.25, 0.3) is 0 Å². The maximum Gasteiger partial charge on any atom is 0.264 e. The van der Waals surface area contributed by atoms with Crippen LogP contribution in [0.2, 0.25) is 0 Å². The summed E-state index contributed by atoms with van der Waals surface area (Å²) in [6.45, 7) is 3.67. The fraction of sp³-hybridized carbons (Fsp3) is 0.450. The van der Waals surface area contributed by atoms with E-state index in [0.29, 0.717) is 6.54 Å². The Morgan fingerprint density at radius 3 is 2.76 bits per heavy atom. The van der Waals surface area contributed by atoms with Gasteiger partial charge in [-0.1, -0.05) is 37.3 Å². The second-order valence-electron chi connectivity index (χ2n) is 7.30. The smallest absolute Gasteiger partial charge is 0.264 e. The second kappa shape index (κ2) is 7.48. The summed E-state index contributed by atoms with van der Waals surface area (Å²) in [5.74, 6) is 1.14. The molecule has 0 spiro atoms. The molecule has 1 aromatic heterocycles. The summed E-state index contributed by atoms with van der Waals surface area (Å²) in [6.07, 6.45) is 3.48. The lowest BCUT2D eigenvalue weighted by atomic mass is 9.90. The van der Waals surface area contributed by atoms with Crippen LogP contribution in [0.1, 0.15) is 44.9 Å². The quantitative estimate of drug-likeness (QED) is 0.864. The Balaban J connectivity index is 0.00000182. The Morgan fingerprint density at radius 1 is 1.24 bits per heavy atom. The van der Waals surface area contributed by atoms with Gasteiger partial charge in [0.05, 0.1) is 4.88 Å². The van der Waals surface area contributed by atoms with Crippen LogP contribution in [-0.4, -0.2) is 29.9 Å². The second-order valence-corrected chi connectivity index (χ2v) is 8.43. The molecule has 2 aliphatic rings. The molecule has 1 aromatic carbocycles. The number of likely N-dealkylation sites (tertiary alicyclic amines) is 1. The van der Waals surface area contributed by atoms with Crippen LogP contribution in [0.3, 0.4) is 0 Å². The molecule has 1 aliphatic heterocycles. The van der Waals surface area contributed by atoms with Crippen LogP contribution in [0.5, 0.6) is 0 Å². The molecule has 134 valence electrons. The molecule has 1 fully saturated rings. The molecule has 25 heavy (non-hydrogen) atoms. The molecule has 1 aliphatic carbocycles. The van der Waals surface area contributed by atoms with Gasteiger partial charge in [0, 0.05) is 29.9 Å². The summed E-state index contributed by atoms with van der Waals surface area (Å²) in [5.41, 5.74) is 8.97. The summed E-state index contributed by atoms with van der Waals surface area (Å²) < 4.78 is 0. The molecular formula is C20H25ClN2OS. The Labute approximate surface area is 159 Å². The van der Waals surface area contributed by atoms with Crippen molar-refractivity contribution in [1.29, 1.82) is 0 Å². The highest BCUT2D eigenvalue weighted by molar-refractivity contribution is 7.14. The Hall–Kier alpha value is -1.36. The first kappa shape index (κ1) is 18.4. The monoisotopic (exact) mass is 376 g/mol. The lowest BCUT2D eigenvalue weighted by Crippen LogP contribution is -2.31. The third-order valence-corrected chi connectivity index (χ3v) is 6.65. The predicted octanol–water partition coefficient (Wildman–Crippen LogP) is 3.86. The molecule has 3 atom stereocenters. The number of nitrogens with two attached hydrogens (primary N) is 1. The number of benzene rings is 1. The van der Waals surface area contributed by atoms with E-state index >= 15 is 0 Å². The Morgan fingerprint density at radius 2 is 2.00 bits per heavy atom. The molecule has 4 rings (SSSR count). The number of thiophene rings is 1. The Bertz CT molecular complexity index is 745. The average Bonchev–Trinajstić information content (AvgIpc) is 3.18. The number of halogens is 1. The summed E-state index contributed by atoms with van der Waals surface area (Å²) in [7, 11) is 0. The van der Waals surface area contributed by atoms with Gasteiger partial charge in [-0.3, -0.25) is 4.79 Å². The molecule has 1 amide bonds. The third-order valence-electron chi connectivity index (χ3n) is 5.42. The number of carbonyl (C=O) groups excluding carboxylic acids is 1. The van der Waals surface area contributed by atoms with Crippen molar-refractivity contribution in [2.24, 2.45) is 11.7 Å². The first-order valence-electron chi connectivity index (χ1n) is 8.83. The lowest BCUT2D eigenvalue weighted by Gasteiger charge is -2.16. The molecular weight excluding hydrogens is 352 g/mol. The van der Waals surface area contributed by atoms with E-state index < -0.39 is 0 Å². The van der Waals surface area contributed by atoms with Gasteiger partial charge in [-0.2, -0.15) is 0 Å². The van der Waals surface area contributed by atoms with Gasteiger partial charge in [-0.25, -0.2) is 0 Å². The van der Waals surface area contributed by atoms with Gasteiger partial charge in [-0.05, 0) is 42.4 Å². The lowest BCUT2D eigenvalue weighted by molar-refractivity contribution is 0.0794. The van der Waals surface area contributed by atoms with Crippen LogP contribution in [0.4, 0.5) is 0 Å². The zero-order valence-electron chi connectivity index (χ0n) is 14.5. The number of nitrogens with zero attached hydrogens (tertiary/aromatic N) is 1. The van der Waals surface area contributed by atoms with E-state index in [4.69, 9.17) is 5.73 Å². The van der Waals surface area contributed by atoms with Crippen molar-refractivity contribution < 1.29 is 4.79 Å². The van der Waals surface area contributed by atoms with Gasteiger partial charge >= 0.3 is 0 Å². The largest absolute Gasteiger partial charge is 0.336 e. The summed E-state index contributed by atoms with van der Waals surface area (Å²) >= 11 is 1.70. The maximum absolute atomic E-state index is 12.9. The topological polar surface area (TPSA) is 46.3 Å². The van der Waals surface area contributed by atoms with Crippen molar-refractivity contribution in [3.05, 3.63) is 57.3 Å². The minimum Gasteiger partial charge on any atom is -0.336 e. The Kier molecular flexibility index (Phi) is 5.52. The maximum atomic E-state index is 12.9. The molecule has 2 heterocycles. The summed E-state index contributed by atoms with van der Waals surface area (Å²) in [4.78, 5) is 17.2. The van der Waals surface area contributed by atoms with Crippen molar-refractivity contribution in [2.45, 2.75) is 38.1 Å². The van der Waals surface area contributed by atoms with Crippen LogP contribution in [0, 0.1) is 5.92 Å². The van der Waals surface area contributed by atoms with Crippen molar-refractivity contribution in [3.8, 4) is 0 Å². The molecule has 3 nitrogen and oxygen atoms in total. The van der Waals surface area contributed by atoms with Crippen molar-refractivity contribution in [3.63, 3.8) is 0 Å². The van der Waals surface area contributed by atoms with Crippen molar-refractivity contribution >= 4 is 29.7 Å². The van der Waals surface area contributed by atoms with E-state index in [1.807, 2.05) is 23.1 Å². The van der Waals surface area contributed by atoms with E-state index in [2.05, 4.69) is 25.1 Å². The molecule has 2 aromatic rings. The minimum atomic E-state index is 0. The van der Waals surface area contributed by atoms with Gasteiger partial charge in [0.25, 0.3) is 5.91 Å². The van der Waals surface area contributed by atoms with E-state index in [1.54, 1.807) is 11.3 Å². The highest BCUT2D eigenvalue weighted by Crippen LogP contribution is 2.34. The van der Waals surface area contributed by atoms with Gasteiger partial charge < -0.3 is 10.6 Å². The zero-order chi connectivity index (χ0) is 16.7. The fourth-order valence-electron chi connectivity index (χ4n) is 4.01. The standard InChI is InChI=1S/C20H24N2OS.ClH/c1-13-7-8-18-15(9-13)10-19(24-18)20(23)22-11-16(17(21)12-22)14-5-3-2-4-6-14;/h2-6,10,13,16-17H,7-9,11-12,21H2,1H3;1H/t13?,16-,17+;/m0./s1. The molecule has 1 unspecified atom stereocenters. The molecule has 1 saturated heterocycles. The van der Waals surface area contributed by atoms with E-state index in [9.17, 15) is 4.79 Å². The predicted molar refractivity (Wildman–Crippen MR) is 106 cm³/mol. The van der Waals surface area contributed by atoms with Crippen LogP contribution >= 0.6 is 23.7 Å². The average molecular weight is 377 g/mol. The fourth-order valence-corrected chi connectivity index (χ4v) is 5.19. The molecule has 5 heteroatoms. The summed E-state index contributed by atoms with van der Waals surface area (Å²) in [5, 5.41) is 0. The molecule has 0 bridgehead atoms. The van der Waals surface area contributed by atoms with Crippen LogP contribution < -0.4 is 5.73 Å². The van der Waals surface area contributed by atoms with E-state index in [1.165, 1.54) is 22.4 Å². The first-order chi connectivity index (χ1) is 11.6. The normalized spacial score (nSPS) is 25.4. The SMILES string of the molecule is CC1CCc2sc(C(=O)N3C[C@@H](N)[C@H](c4ccccc4)C3)cc2C1.Cl. The number of aryl methyl sites for hydroxylation is 1. The molecule has 2 N–H and O–H groups in total. The summed E-state index contributed by atoms with van der Waals surface area (Å²) in [6, 6.07) is 12.5. The number of hydrogen-bond acceptors (Lipinski definition) is 3. The van der Waals surface area contributed by atoms with E-state index in [0.717, 1.165) is 30.2 Å². The highest BCUT2D eigenvalue weighted by Gasteiger charge is 2.35. The van der Waals surface area contributed by atoms with Gasteiger partial charge in [0.2, 0.25) is 0 Å². The van der Waals surface area contributed by atoms with Crippen molar-refractivity contribution in [2.75, 3.05) is 13.1 Å². The van der Waals surface area contributed by atoms with Crippen molar-refractivity contribution in [1.82, 2.24) is 4.90 Å². The van der Waals surface area contributed by atoms with Gasteiger partial charge in [-0.15, -0.1) is 23.7 Å². The third kappa shape index (κ3) is 3.62. The number of carbonyl (C=O) groups is 1. The zero-order valence-corrected chi connectivity index (χ0v) is 16.1. The van der Waals surface area contributed by atoms with Crippen LogP contribution in [-0.2, 0) is 12.8 Å². The number of fused-ring (bicyclic) bond motifs is 1. The van der Waals surface area contributed by atoms with E-state index in [-0.39, 0.29) is 30.3 Å².